The van der Waals surface area contributed by atoms with Gasteiger partial charge in [-0.15, -0.1) is 0 Å². The van der Waals surface area contributed by atoms with Crippen LogP contribution in [0.3, 0.4) is 0 Å². The largest absolute Gasteiger partial charge is 0.493 e. The second kappa shape index (κ2) is 6.99. The fourth-order valence-corrected chi connectivity index (χ4v) is 2.08. The summed E-state index contributed by atoms with van der Waals surface area (Å²) in [5.41, 5.74) is 12.3. The third-order valence-electron chi connectivity index (χ3n) is 3.04. The van der Waals surface area contributed by atoms with Crippen molar-refractivity contribution in [2.24, 2.45) is 17.4 Å². The Morgan fingerprint density at radius 2 is 1.89 bits per heavy atom. The van der Waals surface area contributed by atoms with Gasteiger partial charge in [0.25, 0.3) is 0 Å². The van der Waals surface area contributed by atoms with Crippen LogP contribution in [-0.2, 0) is 4.79 Å². The summed E-state index contributed by atoms with van der Waals surface area (Å²) in [7, 11) is 3.18. The van der Waals surface area contributed by atoms with E-state index in [1.54, 1.807) is 14.2 Å². The molecule has 0 radical (unpaired) electrons. The fourth-order valence-electron chi connectivity index (χ4n) is 2.08. The molecule has 1 amide bonds. The van der Waals surface area contributed by atoms with Crippen molar-refractivity contribution < 1.29 is 14.3 Å². The highest BCUT2D eigenvalue weighted by atomic mass is 16.5. The Labute approximate surface area is 113 Å². The minimum Gasteiger partial charge on any atom is -0.493 e. The molecule has 106 valence electrons. The molecule has 19 heavy (non-hydrogen) atoms. The number of carbonyl (C=O) groups excluding carboxylic acids is 1. The third-order valence-corrected chi connectivity index (χ3v) is 3.04. The predicted octanol–water partition coefficient (Wildman–Crippen LogP) is 1.61. The van der Waals surface area contributed by atoms with Crippen LogP contribution in [-0.4, -0.2) is 20.1 Å². The quantitative estimate of drug-likeness (QED) is 0.784. The van der Waals surface area contributed by atoms with Crippen LogP contribution in [0.4, 0.5) is 0 Å². The summed E-state index contributed by atoms with van der Waals surface area (Å²) >= 11 is 0. The van der Waals surface area contributed by atoms with E-state index in [0.717, 1.165) is 5.56 Å². The minimum atomic E-state index is -0.299. The van der Waals surface area contributed by atoms with Gasteiger partial charge in [-0.1, -0.05) is 13.0 Å². The van der Waals surface area contributed by atoms with E-state index in [-0.39, 0.29) is 17.9 Å². The number of methoxy groups -OCH3 is 2. The third kappa shape index (κ3) is 4.44. The van der Waals surface area contributed by atoms with Crippen LogP contribution in [0.25, 0.3) is 0 Å². The van der Waals surface area contributed by atoms with E-state index in [1.165, 1.54) is 0 Å². The summed E-state index contributed by atoms with van der Waals surface area (Å²) in [6, 6.07) is 5.44. The van der Waals surface area contributed by atoms with Crippen molar-refractivity contribution in [1.29, 1.82) is 0 Å². The van der Waals surface area contributed by atoms with Crippen molar-refractivity contribution in [3.05, 3.63) is 23.8 Å². The molecular weight excluding hydrogens is 244 g/mol. The topological polar surface area (TPSA) is 87.6 Å². The van der Waals surface area contributed by atoms with Crippen LogP contribution >= 0.6 is 0 Å². The Morgan fingerprint density at radius 3 is 2.42 bits per heavy atom. The fraction of sp³-hybridized carbons (Fsp3) is 0.500. The molecule has 0 fully saturated rings. The predicted molar refractivity (Wildman–Crippen MR) is 74.1 cm³/mol. The van der Waals surface area contributed by atoms with E-state index in [2.05, 4.69) is 0 Å². The number of hydrogen-bond donors (Lipinski definition) is 2. The molecular formula is C14H22N2O3. The summed E-state index contributed by atoms with van der Waals surface area (Å²) in [5, 5.41) is 0. The van der Waals surface area contributed by atoms with E-state index < -0.39 is 0 Å². The van der Waals surface area contributed by atoms with E-state index in [4.69, 9.17) is 20.9 Å². The molecule has 0 heterocycles. The molecule has 0 aromatic heterocycles. The lowest BCUT2D eigenvalue weighted by atomic mass is 9.94. The molecule has 1 rings (SSSR count). The average molecular weight is 266 g/mol. The molecule has 0 aliphatic rings. The molecule has 5 heteroatoms. The number of carbonyl (C=O) groups is 1. The normalized spacial score (nSPS) is 13.7. The maximum atomic E-state index is 10.9. The lowest BCUT2D eigenvalue weighted by Crippen LogP contribution is -2.19. The first-order valence-electron chi connectivity index (χ1n) is 6.23. The number of benzene rings is 1. The van der Waals surface area contributed by atoms with Crippen LogP contribution in [0.1, 0.15) is 31.4 Å². The molecule has 0 aliphatic carbocycles. The number of hydrogen-bond acceptors (Lipinski definition) is 4. The van der Waals surface area contributed by atoms with Gasteiger partial charge >= 0.3 is 0 Å². The number of ether oxygens (including phenoxy) is 2. The van der Waals surface area contributed by atoms with Crippen molar-refractivity contribution in [2.45, 2.75) is 25.8 Å². The first-order valence-corrected chi connectivity index (χ1v) is 6.23. The molecule has 4 N–H and O–H groups in total. The standard InChI is InChI=1S/C14H22N2O3/c1-9(7-14(16)17)6-11(15)10-4-5-12(18-2)13(8-10)19-3/h4-5,8-9,11H,6-7,15H2,1-3H3,(H2,16,17). The number of rotatable bonds is 7. The van der Waals surface area contributed by atoms with Gasteiger partial charge in [-0.05, 0) is 30.0 Å². The molecule has 2 unspecified atom stereocenters. The second-order valence-electron chi connectivity index (χ2n) is 4.73. The molecule has 0 aliphatic heterocycles. The van der Waals surface area contributed by atoms with Gasteiger partial charge in [0.2, 0.25) is 5.91 Å². The van der Waals surface area contributed by atoms with Gasteiger partial charge in [-0.3, -0.25) is 4.79 Å². The van der Waals surface area contributed by atoms with Crippen molar-refractivity contribution in [3.63, 3.8) is 0 Å². The lowest BCUT2D eigenvalue weighted by molar-refractivity contribution is -0.118. The monoisotopic (exact) mass is 266 g/mol. The number of nitrogens with two attached hydrogens (primary N) is 2. The van der Waals surface area contributed by atoms with Crippen LogP contribution in [0.5, 0.6) is 11.5 Å². The number of amides is 1. The highest BCUT2D eigenvalue weighted by molar-refractivity contribution is 5.73. The van der Waals surface area contributed by atoms with Gasteiger partial charge in [-0.2, -0.15) is 0 Å². The van der Waals surface area contributed by atoms with Gasteiger partial charge in [0.05, 0.1) is 14.2 Å². The van der Waals surface area contributed by atoms with Gasteiger partial charge in [0.1, 0.15) is 0 Å². The van der Waals surface area contributed by atoms with E-state index >= 15 is 0 Å². The highest BCUT2D eigenvalue weighted by Crippen LogP contribution is 2.31. The molecule has 0 bridgehead atoms. The first kappa shape index (κ1) is 15.3. The number of primary amides is 1. The Kier molecular flexibility index (Phi) is 5.63. The summed E-state index contributed by atoms with van der Waals surface area (Å²) in [6.45, 7) is 1.96. The minimum absolute atomic E-state index is 0.153. The van der Waals surface area contributed by atoms with E-state index in [0.29, 0.717) is 24.3 Å². The Bertz CT molecular complexity index is 435. The van der Waals surface area contributed by atoms with Crippen LogP contribution in [0.2, 0.25) is 0 Å². The van der Waals surface area contributed by atoms with Gasteiger partial charge in [-0.25, -0.2) is 0 Å². The van der Waals surface area contributed by atoms with Crippen LogP contribution in [0.15, 0.2) is 18.2 Å². The zero-order valence-corrected chi connectivity index (χ0v) is 11.7. The maximum absolute atomic E-state index is 10.9. The van der Waals surface area contributed by atoms with Crippen molar-refractivity contribution in [1.82, 2.24) is 0 Å². The molecule has 1 aromatic rings. The zero-order chi connectivity index (χ0) is 14.4. The van der Waals surface area contributed by atoms with Gasteiger partial charge < -0.3 is 20.9 Å². The zero-order valence-electron chi connectivity index (χ0n) is 11.7. The highest BCUT2D eigenvalue weighted by Gasteiger charge is 2.15. The Hall–Kier alpha value is -1.75. The van der Waals surface area contributed by atoms with E-state index in [1.807, 2.05) is 25.1 Å². The Balaban J connectivity index is 2.76. The van der Waals surface area contributed by atoms with Gasteiger partial charge in [0.15, 0.2) is 11.5 Å². The van der Waals surface area contributed by atoms with Crippen LogP contribution in [0, 0.1) is 5.92 Å². The van der Waals surface area contributed by atoms with E-state index in [9.17, 15) is 4.79 Å². The molecule has 5 nitrogen and oxygen atoms in total. The molecule has 0 saturated carbocycles. The molecule has 0 saturated heterocycles. The second-order valence-corrected chi connectivity index (χ2v) is 4.73. The summed E-state index contributed by atoms with van der Waals surface area (Å²) in [4.78, 5) is 10.9. The van der Waals surface area contributed by atoms with Crippen molar-refractivity contribution >= 4 is 5.91 Å². The summed E-state index contributed by atoms with van der Waals surface area (Å²) in [5.74, 6) is 1.18. The molecule has 1 aromatic carbocycles. The van der Waals surface area contributed by atoms with Crippen LogP contribution < -0.4 is 20.9 Å². The van der Waals surface area contributed by atoms with Crippen molar-refractivity contribution in [2.75, 3.05) is 14.2 Å². The maximum Gasteiger partial charge on any atom is 0.217 e. The van der Waals surface area contributed by atoms with Crippen molar-refractivity contribution in [3.8, 4) is 11.5 Å². The lowest BCUT2D eigenvalue weighted by Gasteiger charge is -2.18. The average Bonchev–Trinajstić information content (AvgIpc) is 2.36. The first-order chi connectivity index (χ1) is 8.97. The summed E-state index contributed by atoms with van der Waals surface area (Å²) in [6.07, 6.45) is 1.04. The smallest absolute Gasteiger partial charge is 0.217 e. The van der Waals surface area contributed by atoms with Gasteiger partial charge in [0, 0.05) is 12.5 Å². The Morgan fingerprint density at radius 1 is 1.26 bits per heavy atom. The molecule has 0 spiro atoms. The summed E-state index contributed by atoms with van der Waals surface area (Å²) < 4.78 is 10.4. The molecule has 2 atom stereocenters. The SMILES string of the molecule is COc1ccc(C(N)CC(C)CC(N)=O)cc1OC.